The van der Waals surface area contributed by atoms with E-state index in [1.165, 1.54) is 12.8 Å². The molecule has 0 saturated heterocycles. The van der Waals surface area contributed by atoms with Crippen LogP contribution < -0.4 is 5.14 Å². The highest BCUT2D eigenvalue weighted by molar-refractivity contribution is 7.89. The molecule has 22 heavy (non-hydrogen) atoms. The molecule has 0 saturated carbocycles. The van der Waals surface area contributed by atoms with Gasteiger partial charge in [0.2, 0.25) is 10.0 Å². The lowest BCUT2D eigenvalue weighted by Crippen LogP contribution is -2.22. The third-order valence-corrected chi connectivity index (χ3v) is 4.69. The second kappa shape index (κ2) is 9.89. The van der Waals surface area contributed by atoms with Crippen molar-refractivity contribution in [2.24, 2.45) is 16.0 Å². The van der Waals surface area contributed by atoms with Crippen LogP contribution in [0.3, 0.4) is 0 Å². The van der Waals surface area contributed by atoms with E-state index < -0.39 is 10.0 Å². The zero-order chi connectivity index (χ0) is 17.3. The maximum atomic E-state index is 11.0. The molecule has 0 radical (unpaired) electrons. The lowest BCUT2D eigenvalue weighted by atomic mass is 9.85. The van der Waals surface area contributed by atoms with Crippen molar-refractivity contribution in [3.8, 4) is 0 Å². The molecular weight excluding hydrogens is 298 g/mol. The summed E-state index contributed by atoms with van der Waals surface area (Å²) in [6.45, 7) is 12.7. The van der Waals surface area contributed by atoms with Gasteiger partial charge in [-0.1, -0.05) is 47.5 Å². The van der Waals surface area contributed by atoms with Crippen molar-refractivity contribution in [2.75, 3.05) is 19.0 Å². The van der Waals surface area contributed by atoms with Crippen LogP contribution in [0.15, 0.2) is 0 Å². The smallest absolute Gasteiger partial charge is 0.209 e. The van der Waals surface area contributed by atoms with Gasteiger partial charge in [-0.15, -0.1) is 0 Å². The molecule has 0 amide bonds. The predicted octanol–water partition coefficient (Wildman–Crippen LogP) is 4.09. The molecule has 134 valence electrons. The van der Waals surface area contributed by atoms with Gasteiger partial charge in [-0.2, -0.15) is 0 Å². The third-order valence-electron chi connectivity index (χ3n) is 3.92. The number of rotatable bonds is 12. The fourth-order valence-electron chi connectivity index (χ4n) is 2.31. The Labute approximate surface area is 138 Å². The van der Waals surface area contributed by atoms with Crippen molar-refractivity contribution < 1.29 is 13.2 Å². The molecule has 0 bridgehead atoms. The molecule has 0 spiro atoms. The molecule has 0 aliphatic heterocycles. The Morgan fingerprint density at radius 2 is 1.32 bits per heavy atom. The molecule has 0 unspecified atom stereocenters. The molecule has 0 heterocycles. The Kier molecular flexibility index (Phi) is 9.83. The van der Waals surface area contributed by atoms with E-state index >= 15 is 0 Å². The van der Waals surface area contributed by atoms with E-state index in [9.17, 15) is 8.42 Å². The van der Waals surface area contributed by atoms with Gasteiger partial charge in [0.1, 0.15) is 0 Å². The van der Waals surface area contributed by atoms with E-state index in [0.717, 1.165) is 38.9 Å². The van der Waals surface area contributed by atoms with E-state index in [-0.39, 0.29) is 11.2 Å². The van der Waals surface area contributed by atoms with E-state index in [1.54, 1.807) is 0 Å². The summed E-state index contributed by atoms with van der Waals surface area (Å²) in [5, 5.41) is 5.06. The number of unbranched alkanes of at least 4 members (excludes halogenated alkanes) is 2. The van der Waals surface area contributed by atoms with Gasteiger partial charge in [0, 0.05) is 13.2 Å². The Hall–Kier alpha value is -0.130. The Morgan fingerprint density at radius 3 is 1.77 bits per heavy atom. The minimum atomic E-state index is -3.34. The molecule has 0 aromatic carbocycles. The number of hydrogen-bond donors (Lipinski definition) is 1. The Bertz CT molecular complexity index is 383. The first-order valence-electron chi connectivity index (χ1n) is 8.50. The van der Waals surface area contributed by atoms with Crippen LogP contribution >= 0.6 is 0 Å². The van der Waals surface area contributed by atoms with E-state index in [2.05, 4.69) is 34.6 Å². The molecular formula is C17H37NO3S. The first-order valence-corrected chi connectivity index (χ1v) is 10.2. The zero-order valence-corrected chi connectivity index (χ0v) is 16.1. The number of primary sulfonamides is 1. The Morgan fingerprint density at radius 1 is 0.818 bits per heavy atom. The van der Waals surface area contributed by atoms with Crippen LogP contribution in [0.2, 0.25) is 0 Å². The summed E-state index contributed by atoms with van der Waals surface area (Å²) in [6, 6.07) is 0. The van der Waals surface area contributed by atoms with Gasteiger partial charge in [-0.05, 0) is 42.9 Å². The first kappa shape index (κ1) is 21.9. The average Bonchev–Trinajstić information content (AvgIpc) is 2.32. The SMILES string of the molecule is CC(C)(C)CCCCOCCCCC(C)(C)CCS(N)(=O)=O. The van der Waals surface area contributed by atoms with Crippen molar-refractivity contribution >= 4 is 10.0 Å². The average molecular weight is 336 g/mol. The zero-order valence-electron chi connectivity index (χ0n) is 15.3. The molecule has 0 aliphatic rings. The van der Waals surface area contributed by atoms with Crippen LogP contribution in [0.1, 0.15) is 79.6 Å². The van der Waals surface area contributed by atoms with Crippen LogP contribution in [-0.2, 0) is 14.8 Å². The van der Waals surface area contributed by atoms with Crippen molar-refractivity contribution in [3.63, 3.8) is 0 Å². The van der Waals surface area contributed by atoms with Gasteiger partial charge in [0.25, 0.3) is 0 Å². The molecule has 0 atom stereocenters. The van der Waals surface area contributed by atoms with Crippen LogP contribution in [-0.4, -0.2) is 27.4 Å². The minimum absolute atomic E-state index is 0.0269. The van der Waals surface area contributed by atoms with Crippen molar-refractivity contribution in [3.05, 3.63) is 0 Å². The molecule has 0 aromatic heterocycles. The topological polar surface area (TPSA) is 69.4 Å². The van der Waals surface area contributed by atoms with Crippen molar-refractivity contribution in [2.45, 2.75) is 79.6 Å². The molecule has 0 fully saturated rings. The van der Waals surface area contributed by atoms with Gasteiger partial charge >= 0.3 is 0 Å². The summed E-state index contributed by atoms with van der Waals surface area (Å²) in [7, 11) is -3.34. The van der Waals surface area contributed by atoms with Crippen LogP contribution in [0.25, 0.3) is 0 Å². The quantitative estimate of drug-likeness (QED) is 0.546. The summed E-state index contributed by atoms with van der Waals surface area (Å²) in [6.07, 6.45) is 7.35. The molecule has 0 rings (SSSR count). The highest BCUT2D eigenvalue weighted by Gasteiger charge is 2.19. The molecule has 0 aromatic rings. The number of ether oxygens (including phenoxy) is 1. The third kappa shape index (κ3) is 16.2. The van der Waals surface area contributed by atoms with Crippen molar-refractivity contribution in [1.82, 2.24) is 0 Å². The monoisotopic (exact) mass is 335 g/mol. The van der Waals surface area contributed by atoms with Gasteiger partial charge in [0.15, 0.2) is 0 Å². The maximum Gasteiger partial charge on any atom is 0.209 e. The lowest BCUT2D eigenvalue weighted by Gasteiger charge is -2.24. The van der Waals surface area contributed by atoms with Gasteiger partial charge in [0.05, 0.1) is 5.75 Å². The molecule has 5 heteroatoms. The number of hydrogen-bond acceptors (Lipinski definition) is 3. The van der Waals surface area contributed by atoms with Gasteiger partial charge in [-0.3, -0.25) is 0 Å². The van der Waals surface area contributed by atoms with Crippen molar-refractivity contribution in [1.29, 1.82) is 0 Å². The summed E-state index contributed by atoms with van der Waals surface area (Å²) in [4.78, 5) is 0. The van der Waals surface area contributed by atoms with Gasteiger partial charge < -0.3 is 4.74 Å². The highest BCUT2D eigenvalue weighted by atomic mass is 32.2. The van der Waals surface area contributed by atoms with Crippen LogP contribution in [0, 0.1) is 10.8 Å². The van der Waals surface area contributed by atoms with Gasteiger partial charge in [-0.25, -0.2) is 13.6 Å². The summed E-state index contributed by atoms with van der Waals surface area (Å²) in [5.74, 6) is 0.0737. The van der Waals surface area contributed by atoms with E-state index in [4.69, 9.17) is 9.88 Å². The second-order valence-electron chi connectivity index (χ2n) is 8.37. The fraction of sp³-hybridized carbons (Fsp3) is 1.00. The number of sulfonamides is 1. The molecule has 4 nitrogen and oxygen atoms in total. The van der Waals surface area contributed by atoms with Crippen LogP contribution in [0.5, 0.6) is 0 Å². The molecule has 0 aliphatic carbocycles. The first-order chi connectivity index (χ1) is 9.91. The predicted molar refractivity (Wildman–Crippen MR) is 94.3 cm³/mol. The standard InChI is InChI=1S/C17H37NO3S/c1-16(2,3)10-6-8-13-21-14-9-7-11-17(4,5)12-15-22(18,19)20/h6-15H2,1-5H3,(H2,18,19,20). The molecule has 2 N–H and O–H groups in total. The maximum absolute atomic E-state index is 11.0. The summed E-state index contributed by atoms with van der Waals surface area (Å²) in [5.41, 5.74) is 0.446. The largest absolute Gasteiger partial charge is 0.381 e. The summed E-state index contributed by atoms with van der Waals surface area (Å²) < 4.78 is 27.7. The highest BCUT2D eigenvalue weighted by Crippen LogP contribution is 2.27. The number of nitrogens with two attached hydrogens (primary N) is 1. The fourth-order valence-corrected chi connectivity index (χ4v) is 3.15. The van der Waals surface area contributed by atoms with E-state index in [0.29, 0.717) is 11.8 Å². The second-order valence-corrected chi connectivity index (χ2v) is 10.1. The minimum Gasteiger partial charge on any atom is -0.381 e. The van der Waals surface area contributed by atoms with Crippen LogP contribution in [0.4, 0.5) is 0 Å². The Balaban J connectivity index is 3.52. The normalized spacial score (nSPS) is 13.5. The lowest BCUT2D eigenvalue weighted by molar-refractivity contribution is 0.121. The van der Waals surface area contributed by atoms with E-state index in [1.807, 2.05) is 0 Å². The summed E-state index contributed by atoms with van der Waals surface area (Å²) >= 11 is 0.